The first kappa shape index (κ1) is 15.0. The minimum Gasteiger partial charge on any atom is -0.466 e. The predicted molar refractivity (Wildman–Crippen MR) is 79.2 cm³/mol. The van der Waals surface area contributed by atoms with Crippen LogP contribution in [0, 0.1) is 0 Å². The molecule has 110 valence electrons. The van der Waals surface area contributed by atoms with Crippen LogP contribution in [0.25, 0.3) is 0 Å². The number of carbonyl (C=O) groups excluding carboxylic acids is 2. The third kappa shape index (κ3) is 3.39. The number of thiophene rings is 1. The Labute approximate surface area is 123 Å². The Morgan fingerprint density at radius 1 is 1.35 bits per heavy atom. The molecular formula is C15H21NO3S. The average Bonchev–Trinajstić information content (AvgIpc) is 2.88. The highest BCUT2D eigenvalue weighted by molar-refractivity contribution is 7.10. The second-order valence-corrected chi connectivity index (χ2v) is 6.00. The lowest BCUT2D eigenvalue weighted by Crippen LogP contribution is -2.30. The molecular weight excluding hydrogens is 274 g/mol. The zero-order valence-electron chi connectivity index (χ0n) is 12.1. The number of ether oxygens (including phenoxy) is 1. The van der Waals surface area contributed by atoms with Crippen LogP contribution in [-0.4, -0.2) is 37.0 Å². The Morgan fingerprint density at radius 2 is 2.10 bits per heavy atom. The minimum absolute atomic E-state index is 0.0219. The first-order valence-electron chi connectivity index (χ1n) is 7.13. The lowest BCUT2D eigenvalue weighted by atomic mass is 9.95. The molecule has 1 aromatic heterocycles. The van der Waals surface area contributed by atoms with Gasteiger partial charge in [-0.15, -0.1) is 11.3 Å². The standard InChI is InChI=1S/C15H21NO3S/c1-3-19-14(17)8-9-16(2)15(18)12-10-20-13-7-5-4-6-11(12)13/h10H,3-9H2,1-2H3. The van der Waals surface area contributed by atoms with Gasteiger partial charge in [-0.1, -0.05) is 0 Å². The highest BCUT2D eigenvalue weighted by Gasteiger charge is 2.22. The molecule has 0 bridgehead atoms. The van der Waals surface area contributed by atoms with E-state index in [2.05, 4.69) is 0 Å². The van der Waals surface area contributed by atoms with Crippen molar-refractivity contribution >= 4 is 23.2 Å². The van der Waals surface area contributed by atoms with E-state index in [9.17, 15) is 9.59 Å². The van der Waals surface area contributed by atoms with Gasteiger partial charge in [-0.3, -0.25) is 9.59 Å². The van der Waals surface area contributed by atoms with Gasteiger partial charge in [-0.25, -0.2) is 0 Å². The molecule has 0 aliphatic heterocycles. The molecule has 5 heteroatoms. The van der Waals surface area contributed by atoms with E-state index in [-0.39, 0.29) is 18.3 Å². The van der Waals surface area contributed by atoms with Crippen molar-refractivity contribution in [1.29, 1.82) is 0 Å². The van der Waals surface area contributed by atoms with E-state index in [1.54, 1.807) is 30.2 Å². The minimum atomic E-state index is -0.250. The summed E-state index contributed by atoms with van der Waals surface area (Å²) in [7, 11) is 1.74. The van der Waals surface area contributed by atoms with Crippen molar-refractivity contribution in [1.82, 2.24) is 4.90 Å². The zero-order chi connectivity index (χ0) is 14.5. The van der Waals surface area contributed by atoms with Gasteiger partial charge >= 0.3 is 5.97 Å². The van der Waals surface area contributed by atoms with E-state index in [1.807, 2.05) is 5.38 Å². The van der Waals surface area contributed by atoms with Crippen LogP contribution in [0.2, 0.25) is 0 Å². The van der Waals surface area contributed by atoms with E-state index >= 15 is 0 Å². The van der Waals surface area contributed by atoms with Crippen LogP contribution in [0.5, 0.6) is 0 Å². The summed E-state index contributed by atoms with van der Waals surface area (Å²) >= 11 is 1.69. The number of nitrogens with zero attached hydrogens (tertiary/aromatic N) is 1. The van der Waals surface area contributed by atoms with E-state index in [1.165, 1.54) is 16.9 Å². The van der Waals surface area contributed by atoms with Crippen molar-refractivity contribution < 1.29 is 14.3 Å². The first-order chi connectivity index (χ1) is 9.63. The van der Waals surface area contributed by atoms with Crippen LogP contribution >= 0.6 is 11.3 Å². The van der Waals surface area contributed by atoms with Gasteiger partial charge in [0, 0.05) is 23.8 Å². The molecule has 0 aromatic carbocycles. The van der Waals surface area contributed by atoms with Gasteiger partial charge in [0.1, 0.15) is 0 Å². The van der Waals surface area contributed by atoms with Gasteiger partial charge < -0.3 is 9.64 Å². The molecule has 20 heavy (non-hydrogen) atoms. The number of aryl methyl sites for hydroxylation is 1. The van der Waals surface area contributed by atoms with Gasteiger partial charge in [-0.05, 0) is 38.2 Å². The fourth-order valence-corrected chi connectivity index (χ4v) is 3.59. The fraction of sp³-hybridized carbons (Fsp3) is 0.600. The number of carbonyl (C=O) groups is 2. The number of amides is 1. The number of fused-ring (bicyclic) bond motifs is 1. The van der Waals surface area contributed by atoms with E-state index in [4.69, 9.17) is 4.74 Å². The third-order valence-electron chi connectivity index (χ3n) is 3.60. The summed E-state index contributed by atoms with van der Waals surface area (Å²) in [6.07, 6.45) is 4.74. The SMILES string of the molecule is CCOC(=O)CCN(C)C(=O)c1csc2c1CCCC2. The molecule has 0 saturated carbocycles. The Balaban J connectivity index is 1.96. The highest BCUT2D eigenvalue weighted by atomic mass is 32.1. The fourth-order valence-electron chi connectivity index (χ4n) is 2.47. The molecule has 1 aliphatic rings. The number of hydrogen-bond acceptors (Lipinski definition) is 4. The quantitative estimate of drug-likeness (QED) is 0.785. The van der Waals surface area contributed by atoms with Crippen molar-refractivity contribution in [2.24, 2.45) is 0 Å². The Hall–Kier alpha value is -1.36. The molecule has 4 nitrogen and oxygen atoms in total. The van der Waals surface area contributed by atoms with Gasteiger partial charge in [0.2, 0.25) is 0 Å². The number of esters is 1. The molecule has 0 saturated heterocycles. The summed E-state index contributed by atoms with van der Waals surface area (Å²) in [6, 6.07) is 0. The van der Waals surface area contributed by atoms with Crippen LogP contribution < -0.4 is 0 Å². The smallest absolute Gasteiger partial charge is 0.307 e. The van der Waals surface area contributed by atoms with Crippen LogP contribution in [0.15, 0.2) is 5.38 Å². The largest absolute Gasteiger partial charge is 0.466 e. The molecule has 0 fully saturated rings. The Morgan fingerprint density at radius 3 is 2.85 bits per heavy atom. The molecule has 0 unspecified atom stereocenters. The van der Waals surface area contributed by atoms with Gasteiger partial charge in [-0.2, -0.15) is 0 Å². The first-order valence-corrected chi connectivity index (χ1v) is 8.01. The maximum atomic E-state index is 12.4. The normalized spacial score (nSPS) is 13.7. The zero-order valence-corrected chi connectivity index (χ0v) is 12.9. The lowest BCUT2D eigenvalue weighted by Gasteiger charge is -2.18. The summed E-state index contributed by atoms with van der Waals surface area (Å²) in [5.74, 6) is -0.229. The summed E-state index contributed by atoms with van der Waals surface area (Å²) in [5, 5.41) is 1.97. The predicted octanol–water partition coefficient (Wildman–Crippen LogP) is 2.65. The van der Waals surface area contributed by atoms with Gasteiger partial charge in [0.05, 0.1) is 18.6 Å². The molecule has 1 heterocycles. The molecule has 0 N–H and O–H groups in total. The summed E-state index contributed by atoms with van der Waals surface area (Å²) in [5.41, 5.74) is 2.06. The van der Waals surface area contributed by atoms with Crippen LogP contribution in [0.3, 0.4) is 0 Å². The van der Waals surface area contributed by atoms with Gasteiger partial charge in [0.25, 0.3) is 5.91 Å². The molecule has 0 atom stereocenters. The molecule has 1 aliphatic carbocycles. The Kier molecular flexibility index (Phi) is 5.17. The van der Waals surface area contributed by atoms with Gasteiger partial charge in [0.15, 0.2) is 0 Å². The average molecular weight is 295 g/mol. The molecule has 1 amide bonds. The van der Waals surface area contributed by atoms with Crippen LogP contribution in [0.1, 0.15) is 47.0 Å². The molecule has 0 radical (unpaired) electrons. The number of hydrogen-bond donors (Lipinski definition) is 0. The monoisotopic (exact) mass is 295 g/mol. The Bertz CT molecular complexity index is 495. The summed E-state index contributed by atoms with van der Waals surface area (Å²) < 4.78 is 4.88. The maximum absolute atomic E-state index is 12.4. The van der Waals surface area contributed by atoms with Crippen LogP contribution in [-0.2, 0) is 22.4 Å². The van der Waals surface area contributed by atoms with Crippen molar-refractivity contribution in [3.8, 4) is 0 Å². The van der Waals surface area contributed by atoms with Crippen molar-refractivity contribution in [2.45, 2.75) is 39.0 Å². The van der Waals surface area contributed by atoms with E-state index < -0.39 is 0 Å². The molecule has 0 spiro atoms. The summed E-state index contributed by atoms with van der Waals surface area (Å²) in [6.45, 7) is 2.57. The van der Waals surface area contributed by atoms with E-state index in [0.29, 0.717) is 13.2 Å². The maximum Gasteiger partial charge on any atom is 0.307 e. The molecule has 2 rings (SSSR count). The van der Waals surface area contributed by atoms with Crippen molar-refractivity contribution in [3.63, 3.8) is 0 Å². The highest BCUT2D eigenvalue weighted by Crippen LogP contribution is 2.30. The van der Waals surface area contributed by atoms with Crippen molar-refractivity contribution in [3.05, 3.63) is 21.4 Å². The summed E-state index contributed by atoms with van der Waals surface area (Å²) in [4.78, 5) is 26.7. The topological polar surface area (TPSA) is 46.6 Å². The molecule has 1 aromatic rings. The second-order valence-electron chi connectivity index (χ2n) is 5.04. The second kappa shape index (κ2) is 6.88. The van der Waals surface area contributed by atoms with E-state index in [0.717, 1.165) is 24.8 Å². The van der Waals surface area contributed by atoms with Crippen molar-refractivity contribution in [2.75, 3.05) is 20.2 Å². The number of rotatable bonds is 5. The third-order valence-corrected chi connectivity index (χ3v) is 4.68. The van der Waals surface area contributed by atoms with Crippen LogP contribution in [0.4, 0.5) is 0 Å². The lowest BCUT2D eigenvalue weighted by molar-refractivity contribution is -0.143.